The fraction of sp³-hybridized carbons (Fsp3) is 0.800. The van der Waals surface area contributed by atoms with E-state index in [1.165, 1.54) is 0 Å². The van der Waals surface area contributed by atoms with Gasteiger partial charge in [-0.2, -0.15) is 0 Å². The lowest BCUT2D eigenvalue weighted by atomic mass is 9.58. The van der Waals surface area contributed by atoms with Gasteiger partial charge in [-0.1, -0.05) is 53.7 Å². The highest BCUT2D eigenvalue weighted by atomic mass is 16.5. The summed E-state index contributed by atoms with van der Waals surface area (Å²) in [5.41, 5.74) is -3.81. The first-order chi connectivity index (χ1) is 11.3. The first-order valence-corrected chi connectivity index (χ1v) is 9.12. The summed E-state index contributed by atoms with van der Waals surface area (Å²) in [6, 6.07) is 0. The van der Waals surface area contributed by atoms with E-state index in [4.69, 9.17) is 4.74 Å². The van der Waals surface area contributed by atoms with Crippen molar-refractivity contribution < 1.29 is 24.5 Å². The monoisotopic (exact) mass is 352 g/mol. The number of carboxylic acids is 1. The van der Waals surface area contributed by atoms with Crippen LogP contribution in [0.25, 0.3) is 0 Å². The number of aliphatic hydroxyl groups is 1. The third kappa shape index (κ3) is 3.35. The molecule has 0 radical (unpaired) electrons. The van der Waals surface area contributed by atoms with Gasteiger partial charge in [0.25, 0.3) is 0 Å². The molecule has 5 heteroatoms. The van der Waals surface area contributed by atoms with E-state index in [0.29, 0.717) is 5.92 Å². The standard InChI is InChI=1S/C20H32O5/c1-18(2,3)15(21)20(16(22)23,19(4,5)6)17(24)25-14-11-12-7-9-13(14)10-8-12/h7,9,12-15,21H,8,10-11H2,1-6H3,(H,22,23). The van der Waals surface area contributed by atoms with Crippen molar-refractivity contribution in [2.24, 2.45) is 28.1 Å². The zero-order chi connectivity index (χ0) is 19.2. The maximum Gasteiger partial charge on any atom is 0.327 e. The largest absolute Gasteiger partial charge is 0.480 e. The lowest BCUT2D eigenvalue weighted by Gasteiger charge is -2.48. The molecular formula is C20H32O5. The molecule has 1 fully saturated rings. The molecule has 2 bridgehead atoms. The summed E-state index contributed by atoms with van der Waals surface area (Å²) in [5, 5.41) is 21.0. The zero-order valence-corrected chi connectivity index (χ0v) is 16.2. The van der Waals surface area contributed by atoms with Crippen LogP contribution >= 0.6 is 0 Å². The minimum absolute atomic E-state index is 0.146. The van der Waals surface area contributed by atoms with Crippen LogP contribution in [-0.4, -0.2) is 34.4 Å². The number of aliphatic carboxylic acids is 1. The Balaban J connectivity index is 2.39. The smallest absolute Gasteiger partial charge is 0.327 e. The number of esters is 1. The molecule has 3 aliphatic rings. The van der Waals surface area contributed by atoms with Gasteiger partial charge in [-0.15, -0.1) is 0 Å². The van der Waals surface area contributed by atoms with Gasteiger partial charge in [0.2, 0.25) is 0 Å². The van der Waals surface area contributed by atoms with Crippen molar-refractivity contribution in [3.05, 3.63) is 12.2 Å². The van der Waals surface area contributed by atoms with Gasteiger partial charge in [0, 0.05) is 5.92 Å². The van der Waals surface area contributed by atoms with Gasteiger partial charge >= 0.3 is 11.9 Å². The Morgan fingerprint density at radius 3 is 2.00 bits per heavy atom. The molecular weight excluding hydrogens is 320 g/mol. The number of allylic oxidation sites excluding steroid dienone is 1. The van der Waals surface area contributed by atoms with Gasteiger partial charge in [0.15, 0.2) is 5.41 Å². The predicted octanol–water partition coefficient (Wildman–Crippen LogP) is 3.41. The second kappa shape index (κ2) is 6.42. The van der Waals surface area contributed by atoms with Gasteiger partial charge in [-0.05, 0) is 36.0 Å². The summed E-state index contributed by atoms with van der Waals surface area (Å²) < 4.78 is 5.76. The Bertz CT molecular complexity index is 566. The van der Waals surface area contributed by atoms with Crippen molar-refractivity contribution >= 4 is 11.9 Å². The van der Waals surface area contributed by atoms with Crippen LogP contribution in [0.15, 0.2) is 12.2 Å². The van der Waals surface area contributed by atoms with E-state index in [-0.39, 0.29) is 12.0 Å². The molecule has 0 aromatic heterocycles. The second-order valence-electron chi connectivity index (χ2n) is 9.70. The van der Waals surface area contributed by atoms with Crippen LogP contribution in [0.5, 0.6) is 0 Å². The third-order valence-electron chi connectivity index (χ3n) is 5.85. The Morgan fingerprint density at radius 2 is 1.68 bits per heavy atom. The summed E-state index contributed by atoms with van der Waals surface area (Å²) >= 11 is 0. The lowest BCUT2D eigenvalue weighted by Crippen LogP contribution is -2.62. The van der Waals surface area contributed by atoms with E-state index in [1.807, 2.05) is 0 Å². The molecule has 2 N–H and O–H groups in total. The highest BCUT2D eigenvalue weighted by molar-refractivity contribution is 6.01. The first-order valence-electron chi connectivity index (χ1n) is 9.12. The molecule has 3 aliphatic carbocycles. The quantitative estimate of drug-likeness (QED) is 0.460. The molecule has 1 saturated carbocycles. The second-order valence-corrected chi connectivity index (χ2v) is 9.70. The average Bonchev–Trinajstić information content (AvgIpc) is 2.46. The van der Waals surface area contributed by atoms with Gasteiger partial charge in [-0.25, -0.2) is 0 Å². The van der Waals surface area contributed by atoms with Crippen LogP contribution in [-0.2, 0) is 14.3 Å². The number of hydrogen-bond acceptors (Lipinski definition) is 4. The molecule has 0 aromatic rings. The molecule has 142 valence electrons. The van der Waals surface area contributed by atoms with Crippen molar-refractivity contribution in [3.8, 4) is 0 Å². The molecule has 0 spiro atoms. The van der Waals surface area contributed by atoms with Crippen LogP contribution in [0, 0.1) is 28.1 Å². The van der Waals surface area contributed by atoms with Crippen LogP contribution < -0.4 is 0 Å². The number of hydrogen-bond donors (Lipinski definition) is 2. The van der Waals surface area contributed by atoms with Gasteiger partial charge in [0.1, 0.15) is 6.10 Å². The van der Waals surface area contributed by atoms with Crippen LogP contribution in [0.2, 0.25) is 0 Å². The van der Waals surface area contributed by atoms with E-state index >= 15 is 0 Å². The fourth-order valence-electron chi connectivity index (χ4n) is 4.25. The summed E-state index contributed by atoms with van der Waals surface area (Å²) in [7, 11) is 0. The lowest BCUT2D eigenvalue weighted by molar-refractivity contribution is -0.204. The van der Waals surface area contributed by atoms with E-state index in [9.17, 15) is 19.8 Å². The molecule has 0 aliphatic heterocycles. The number of ether oxygens (including phenoxy) is 1. The molecule has 0 aromatic carbocycles. The van der Waals surface area contributed by atoms with Crippen LogP contribution in [0.3, 0.4) is 0 Å². The topological polar surface area (TPSA) is 83.8 Å². The normalized spacial score (nSPS) is 29.8. The fourth-order valence-corrected chi connectivity index (χ4v) is 4.25. The first kappa shape index (κ1) is 20.0. The van der Waals surface area contributed by atoms with Gasteiger partial charge in [0.05, 0.1) is 6.10 Å². The Labute approximate surface area is 150 Å². The predicted molar refractivity (Wildman–Crippen MR) is 94.8 cm³/mol. The Kier molecular flexibility index (Phi) is 5.12. The van der Waals surface area contributed by atoms with Crippen LogP contribution in [0.1, 0.15) is 60.8 Å². The van der Waals surface area contributed by atoms with Crippen molar-refractivity contribution in [2.45, 2.75) is 73.0 Å². The minimum atomic E-state index is -2.02. The average molecular weight is 352 g/mol. The number of carbonyl (C=O) groups excluding carboxylic acids is 1. The minimum Gasteiger partial charge on any atom is -0.480 e. The van der Waals surface area contributed by atoms with Gasteiger partial charge in [-0.3, -0.25) is 9.59 Å². The molecule has 0 amide bonds. The van der Waals surface area contributed by atoms with E-state index in [2.05, 4.69) is 12.2 Å². The number of carbonyl (C=O) groups is 2. The number of carboxylic acid groups (broad SMARTS) is 1. The van der Waals surface area contributed by atoms with Crippen molar-refractivity contribution in [3.63, 3.8) is 0 Å². The number of fused-ring (bicyclic) bond motifs is 2. The molecule has 25 heavy (non-hydrogen) atoms. The SMILES string of the molecule is CC(C)(C)C(O)C(C(=O)O)(C(=O)OC1CC2C=CC1CC2)C(C)(C)C. The molecule has 0 saturated heterocycles. The summed E-state index contributed by atoms with van der Waals surface area (Å²) in [6.07, 6.45) is 5.34. The van der Waals surface area contributed by atoms with Crippen molar-refractivity contribution in [1.82, 2.24) is 0 Å². The maximum atomic E-state index is 13.2. The molecule has 0 heterocycles. The zero-order valence-electron chi connectivity index (χ0n) is 16.2. The van der Waals surface area contributed by atoms with Crippen LogP contribution in [0.4, 0.5) is 0 Å². The van der Waals surface area contributed by atoms with E-state index in [1.54, 1.807) is 41.5 Å². The Hall–Kier alpha value is -1.36. The van der Waals surface area contributed by atoms with Crippen molar-refractivity contribution in [1.29, 1.82) is 0 Å². The third-order valence-corrected chi connectivity index (χ3v) is 5.85. The molecule has 3 rings (SSSR count). The summed E-state index contributed by atoms with van der Waals surface area (Å²) in [5.74, 6) is -1.61. The maximum absolute atomic E-state index is 13.2. The Morgan fingerprint density at radius 1 is 1.08 bits per heavy atom. The number of rotatable bonds is 4. The van der Waals surface area contributed by atoms with E-state index < -0.39 is 34.3 Å². The van der Waals surface area contributed by atoms with Crippen molar-refractivity contribution in [2.75, 3.05) is 0 Å². The van der Waals surface area contributed by atoms with Gasteiger partial charge < -0.3 is 14.9 Å². The highest BCUT2D eigenvalue weighted by Crippen LogP contribution is 2.49. The molecule has 5 nitrogen and oxygen atoms in total. The molecule has 5 unspecified atom stereocenters. The molecule has 5 atom stereocenters. The summed E-state index contributed by atoms with van der Waals surface area (Å²) in [4.78, 5) is 25.5. The number of aliphatic hydroxyl groups excluding tert-OH is 1. The van der Waals surface area contributed by atoms with E-state index in [0.717, 1.165) is 19.3 Å². The highest BCUT2D eigenvalue weighted by Gasteiger charge is 2.64. The summed E-state index contributed by atoms with van der Waals surface area (Å²) in [6.45, 7) is 10.2.